The highest BCUT2D eigenvalue weighted by atomic mass is 32.2. The predicted octanol–water partition coefficient (Wildman–Crippen LogP) is -4.73. The molecule has 2 aromatic heterocycles. The lowest BCUT2D eigenvalue weighted by atomic mass is 10.0. The van der Waals surface area contributed by atoms with Gasteiger partial charge in [-0.05, 0) is 87.5 Å². The summed E-state index contributed by atoms with van der Waals surface area (Å²) in [7, 11) is 0. The van der Waals surface area contributed by atoms with E-state index in [-0.39, 0.29) is 77.2 Å². The number of thioether (sulfide) groups is 1. The second-order valence-electron chi connectivity index (χ2n) is 24.9. The molecule has 37 nitrogen and oxygen atoms in total. The summed E-state index contributed by atoms with van der Waals surface area (Å²) in [5.74, 6) is -15.2. The third kappa shape index (κ3) is 32.8. The quantitative estimate of drug-likeness (QED) is 0.0236. The van der Waals surface area contributed by atoms with Crippen molar-refractivity contribution < 1.29 is 92.3 Å². The van der Waals surface area contributed by atoms with Crippen LogP contribution < -0.4 is 65.1 Å². The predicted molar refractivity (Wildman–Crippen MR) is 366 cm³/mol. The van der Waals surface area contributed by atoms with Crippen LogP contribution in [0.25, 0.3) is 10.9 Å². The van der Waals surface area contributed by atoms with Crippen LogP contribution in [-0.2, 0) is 84.8 Å². The number of carbonyl (C=O) groups is 15. The maximum atomic E-state index is 14.6. The van der Waals surface area contributed by atoms with Gasteiger partial charge in [0.25, 0.3) is 0 Å². The number of aliphatic carboxylic acids is 4. The van der Waals surface area contributed by atoms with Crippen LogP contribution in [0, 0.1) is 11.8 Å². The Morgan fingerprint density at radius 2 is 1.06 bits per heavy atom. The molecule has 0 saturated heterocycles. The topological polar surface area (TPSA) is 577 Å². The van der Waals surface area contributed by atoms with Crippen molar-refractivity contribution in [3.05, 3.63) is 54.2 Å². The highest BCUT2D eigenvalue weighted by Gasteiger charge is 2.35. The Labute approximate surface area is 587 Å². The molecule has 0 aliphatic rings. The van der Waals surface area contributed by atoms with E-state index in [4.69, 9.17) is 17.2 Å². The van der Waals surface area contributed by atoms with Gasteiger partial charge in [0.1, 0.15) is 48.3 Å². The van der Waals surface area contributed by atoms with Gasteiger partial charge < -0.3 is 95.4 Å². The second-order valence-corrected chi connectivity index (χ2v) is 25.9. The SMILES string of the molecule is CSCC[C@H](NC(=O)[C@H](CC(C)C)NC(=O)[C@H](Cc1cnc[nH]1)NC(=O)CNC(=O)[C@@H](NC(=O)[C@H](C)NC(=O)[C@H](Cc1c[nH]c2ccccc12)NC(=O)[C@H](CCC(N)=O)NC(=O)[C@H](CCCCN)NC(=O)CN(CCN(CCN(CC(=O)O)CC(=O)O)CC(=O)O)CC(=O)O)C(C)C)C(N)=O. The number of para-hydroxylation sites is 1. The number of imidazole rings is 1. The molecule has 0 saturated carbocycles. The normalized spacial score (nSPS) is 13.7. The van der Waals surface area contributed by atoms with Gasteiger partial charge in [-0.25, -0.2) is 4.98 Å². The van der Waals surface area contributed by atoms with Gasteiger partial charge in [-0.15, -0.1) is 0 Å². The standard InChI is InChI=1S/C63H98N18O19S/c1-35(2)23-45(61(98)74-42(56(66)93)16-22-101-6)76-62(99)47(25-39-27-67-34-70-39)73-49(83)28-69-63(100)55(36(3)4)78-57(94)37(5)71-60(97)46(24-38-26-68-41-12-8-7-11-40(38)41)77-59(96)44(14-15-48(65)82)75-58(95)43(13-9-10-17-64)72-50(84)29-80(31-52(87)88)20-18-79(30-51(85)86)19-21-81(32-53(89)90)33-54(91)92/h7-8,11-12,26-27,34-37,42-47,55,68H,9-10,13-25,28-33,64H2,1-6H3,(H2,65,82)(H2,66,93)(H,67,70)(H,69,100)(H,71,97)(H,72,84)(H,73,83)(H,74,98)(H,75,95)(H,76,99)(H,77,96)(H,78,94)(H,85,86)(H,87,88)(H,89,90)(H,91,92)/t37-,42-,43-,44-,45-,46-,47-,55-/m0/s1. The average Bonchev–Trinajstić information content (AvgIpc) is 1.71. The number of nitrogens with zero attached hydrogens (tertiary/aromatic N) is 4. The van der Waals surface area contributed by atoms with E-state index in [0.29, 0.717) is 34.3 Å². The lowest BCUT2D eigenvalue weighted by Crippen LogP contribution is -2.60. The van der Waals surface area contributed by atoms with Gasteiger partial charge >= 0.3 is 23.9 Å². The summed E-state index contributed by atoms with van der Waals surface area (Å²) in [6.45, 7) is 3.25. The largest absolute Gasteiger partial charge is 0.480 e. The van der Waals surface area contributed by atoms with Gasteiger partial charge in [0.05, 0.1) is 45.6 Å². The zero-order chi connectivity index (χ0) is 75.5. The summed E-state index contributed by atoms with van der Waals surface area (Å²) >= 11 is 1.44. The number of nitrogens with two attached hydrogens (primary N) is 3. The number of primary amides is 2. The molecule has 0 aliphatic heterocycles. The van der Waals surface area contributed by atoms with Gasteiger partial charge in [-0.3, -0.25) is 86.6 Å². The summed E-state index contributed by atoms with van der Waals surface area (Å²) in [5, 5.41) is 61.7. The number of amides is 11. The molecule has 0 unspecified atom stereocenters. The summed E-state index contributed by atoms with van der Waals surface area (Å²) in [5.41, 5.74) is 18.4. The van der Waals surface area contributed by atoms with Crippen molar-refractivity contribution in [3.8, 4) is 0 Å². The fourth-order valence-electron chi connectivity index (χ4n) is 10.4. The first kappa shape index (κ1) is 85.4. The van der Waals surface area contributed by atoms with Crippen LogP contribution in [0.3, 0.4) is 0 Å². The molecule has 0 bridgehead atoms. The van der Waals surface area contributed by atoms with E-state index in [1.807, 2.05) is 20.1 Å². The number of hydrogen-bond acceptors (Lipinski definition) is 21. The molecule has 0 spiro atoms. The zero-order valence-electron chi connectivity index (χ0n) is 57.5. The van der Waals surface area contributed by atoms with Gasteiger partial charge in [0, 0.05) is 74.4 Å². The van der Waals surface area contributed by atoms with E-state index in [0.717, 1.165) is 9.80 Å². The molecule has 11 amide bonds. The molecule has 3 rings (SSSR count). The Morgan fingerprint density at radius 1 is 0.545 bits per heavy atom. The number of aromatic amines is 2. The van der Waals surface area contributed by atoms with E-state index in [2.05, 4.69) is 62.8 Å². The highest BCUT2D eigenvalue weighted by molar-refractivity contribution is 7.98. The van der Waals surface area contributed by atoms with Crippen LogP contribution in [0.1, 0.15) is 90.8 Å². The minimum Gasteiger partial charge on any atom is -0.480 e. The first-order valence-electron chi connectivity index (χ1n) is 32.7. The van der Waals surface area contributed by atoms with E-state index in [9.17, 15) is 92.3 Å². The van der Waals surface area contributed by atoms with Crippen molar-refractivity contribution in [2.45, 2.75) is 141 Å². The van der Waals surface area contributed by atoms with Crippen molar-refractivity contribution in [1.82, 2.24) is 77.5 Å². The van der Waals surface area contributed by atoms with E-state index in [1.54, 1.807) is 44.3 Å². The Bertz CT molecular complexity index is 3280. The van der Waals surface area contributed by atoms with Crippen molar-refractivity contribution in [2.75, 3.05) is 84.0 Å². The first-order chi connectivity index (χ1) is 47.7. The molecule has 3 aromatic rings. The monoisotopic (exact) mass is 1440 g/mol. The van der Waals surface area contributed by atoms with Crippen LogP contribution in [0.4, 0.5) is 0 Å². The highest BCUT2D eigenvalue weighted by Crippen LogP contribution is 2.20. The van der Waals surface area contributed by atoms with Crippen molar-refractivity contribution >= 4 is 112 Å². The van der Waals surface area contributed by atoms with Crippen molar-refractivity contribution in [3.63, 3.8) is 0 Å². The molecule has 2 heterocycles. The third-order valence-electron chi connectivity index (χ3n) is 15.6. The Balaban J connectivity index is 1.85. The van der Waals surface area contributed by atoms with Crippen LogP contribution >= 0.6 is 11.8 Å². The molecular weight excluding hydrogens is 1340 g/mol. The van der Waals surface area contributed by atoms with Crippen LogP contribution in [-0.4, -0.2) is 271 Å². The van der Waals surface area contributed by atoms with Crippen LogP contribution in [0.15, 0.2) is 43.0 Å². The minimum absolute atomic E-state index is 0.0907. The van der Waals surface area contributed by atoms with Gasteiger partial charge in [-0.1, -0.05) is 45.9 Å². The Morgan fingerprint density at radius 3 is 1.61 bits per heavy atom. The minimum atomic E-state index is -1.64. The molecule has 38 heteroatoms. The molecule has 101 heavy (non-hydrogen) atoms. The number of rotatable bonds is 51. The van der Waals surface area contributed by atoms with Gasteiger partial charge in [0.15, 0.2) is 0 Å². The molecule has 0 fully saturated rings. The summed E-state index contributed by atoms with van der Waals surface area (Å²) < 4.78 is 0. The molecule has 560 valence electrons. The smallest absolute Gasteiger partial charge is 0.317 e. The number of benzene rings is 1. The molecule has 1 aromatic carbocycles. The lowest BCUT2D eigenvalue weighted by molar-refractivity contribution is -0.143. The summed E-state index contributed by atoms with van der Waals surface area (Å²) in [6.07, 6.45) is 5.74. The van der Waals surface area contributed by atoms with E-state index < -0.39 is 195 Å². The number of aromatic nitrogens is 3. The number of carboxylic acid groups (broad SMARTS) is 4. The zero-order valence-corrected chi connectivity index (χ0v) is 58.3. The average molecular weight is 1440 g/mol. The summed E-state index contributed by atoms with van der Waals surface area (Å²) in [4.78, 5) is 210. The number of fused-ring (bicyclic) bond motifs is 1. The van der Waals surface area contributed by atoms with Crippen LogP contribution in [0.5, 0.6) is 0 Å². The number of unbranched alkanes of at least 4 members (excludes halogenated alkanes) is 1. The summed E-state index contributed by atoms with van der Waals surface area (Å²) in [6, 6.07) is -3.93. The number of carboxylic acids is 4. The molecule has 0 aliphatic carbocycles. The number of hydrogen-bond donors (Lipinski definition) is 18. The third-order valence-corrected chi connectivity index (χ3v) is 16.2. The maximum Gasteiger partial charge on any atom is 0.317 e. The fraction of sp³-hybridized carbons (Fsp3) is 0.587. The molecule has 0 radical (unpaired) electrons. The first-order valence-corrected chi connectivity index (χ1v) is 34.1. The van der Waals surface area contributed by atoms with Crippen LogP contribution in [0.2, 0.25) is 0 Å². The van der Waals surface area contributed by atoms with E-state index in [1.165, 1.54) is 36.1 Å². The van der Waals surface area contributed by atoms with Crippen molar-refractivity contribution in [2.24, 2.45) is 29.0 Å². The maximum absolute atomic E-state index is 14.6. The van der Waals surface area contributed by atoms with Gasteiger partial charge in [0.2, 0.25) is 65.0 Å². The number of H-pyrrole nitrogens is 2. The number of nitrogens with one attached hydrogen (secondary N) is 11. The Kier molecular flexibility index (Phi) is 37.5. The fourth-order valence-corrected chi connectivity index (χ4v) is 10.8. The van der Waals surface area contributed by atoms with Gasteiger partial charge in [-0.2, -0.15) is 11.8 Å². The Hall–Kier alpha value is -9.79. The molecule has 21 N–H and O–H groups in total. The second kappa shape index (κ2) is 44.4. The molecular formula is C63H98N18O19S. The number of carbonyl (C=O) groups excluding carboxylic acids is 11. The van der Waals surface area contributed by atoms with E-state index >= 15 is 0 Å². The molecule has 8 atom stereocenters. The lowest BCUT2D eigenvalue weighted by Gasteiger charge is -2.28. The van der Waals surface area contributed by atoms with Crippen molar-refractivity contribution in [1.29, 1.82) is 0 Å².